The minimum Gasteiger partial charge on any atom is -0.457 e. The van der Waals surface area contributed by atoms with E-state index in [1.54, 1.807) is 4.52 Å². The molecule has 5 rings (SSSR count). The molecule has 0 atom stereocenters. The molecule has 31 heavy (non-hydrogen) atoms. The van der Waals surface area contributed by atoms with Crippen LogP contribution in [0.25, 0.3) is 5.78 Å². The maximum absolute atomic E-state index is 13.3. The second-order valence-corrected chi connectivity index (χ2v) is 7.42. The fourth-order valence-corrected chi connectivity index (χ4v) is 3.79. The first kappa shape index (κ1) is 19.0. The number of carbonyl (C=O) groups excluding carboxylic acids is 1. The van der Waals surface area contributed by atoms with Gasteiger partial charge in [-0.05, 0) is 31.2 Å². The summed E-state index contributed by atoms with van der Waals surface area (Å²) in [5.74, 6) is 2.77. The molecule has 1 saturated heterocycles. The van der Waals surface area contributed by atoms with Gasteiger partial charge in [-0.15, -0.1) is 0 Å². The van der Waals surface area contributed by atoms with E-state index in [-0.39, 0.29) is 5.91 Å². The number of hydrogen-bond donors (Lipinski definition) is 0. The molecule has 8 nitrogen and oxygen atoms in total. The fraction of sp³-hybridized carbons (Fsp3) is 0.217. The number of carbonyl (C=O) groups is 1. The summed E-state index contributed by atoms with van der Waals surface area (Å²) in [5, 5.41) is 4.29. The van der Waals surface area contributed by atoms with Crippen molar-refractivity contribution in [1.29, 1.82) is 0 Å². The molecule has 2 aromatic carbocycles. The van der Waals surface area contributed by atoms with Gasteiger partial charge in [-0.1, -0.05) is 30.3 Å². The Balaban J connectivity index is 1.32. The average molecular weight is 414 g/mol. The van der Waals surface area contributed by atoms with Crippen molar-refractivity contribution in [2.45, 2.75) is 6.92 Å². The highest BCUT2D eigenvalue weighted by molar-refractivity contribution is 5.97. The Morgan fingerprint density at radius 3 is 2.52 bits per heavy atom. The molecule has 0 spiro atoms. The van der Waals surface area contributed by atoms with Crippen molar-refractivity contribution in [1.82, 2.24) is 24.5 Å². The number of ether oxygens (including phenoxy) is 1. The molecular weight excluding hydrogens is 392 g/mol. The fourth-order valence-electron chi connectivity index (χ4n) is 3.79. The standard InChI is InChI=1S/C23H22N6O2/c1-17-15-21(29-23(26-17)24-16-25-29)27-11-13-28(14-12-27)22(30)19-9-5-6-10-20(19)31-18-7-3-2-4-8-18/h2-10,15-16H,11-14H2,1H3. The van der Waals surface area contributed by atoms with E-state index in [1.807, 2.05) is 72.5 Å². The zero-order valence-electron chi connectivity index (χ0n) is 17.2. The molecule has 1 amide bonds. The molecule has 0 radical (unpaired) electrons. The van der Waals surface area contributed by atoms with E-state index < -0.39 is 0 Å². The van der Waals surface area contributed by atoms with Crippen LogP contribution in [0.5, 0.6) is 11.5 Å². The van der Waals surface area contributed by atoms with Crippen molar-refractivity contribution in [2.75, 3.05) is 31.1 Å². The third-order valence-electron chi connectivity index (χ3n) is 5.34. The number of fused-ring (bicyclic) bond motifs is 1. The summed E-state index contributed by atoms with van der Waals surface area (Å²) in [6.07, 6.45) is 1.51. The summed E-state index contributed by atoms with van der Waals surface area (Å²) in [6, 6.07) is 18.9. The zero-order chi connectivity index (χ0) is 21.2. The molecule has 0 unspecified atom stereocenters. The monoisotopic (exact) mass is 414 g/mol. The number of para-hydroxylation sites is 2. The zero-order valence-corrected chi connectivity index (χ0v) is 17.2. The lowest BCUT2D eigenvalue weighted by atomic mass is 10.1. The summed E-state index contributed by atoms with van der Waals surface area (Å²) < 4.78 is 7.72. The Hall–Kier alpha value is -3.94. The molecule has 0 saturated carbocycles. The van der Waals surface area contributed by atoms with Crippen molar-refractivity contribution in [2.24, 2.45) is 0 Å². The minimum absolute atomic E-state index is 0.0250. The van der Waals surface area contributed by atoms with E-state index in [4.69, 9.17) is 4.74 Å². The second kappa shape index (κ2) is 8.06. The van der Waals surface area contributed by atoms with Gasteiger partial charge in [-0.3, -0.25) is 4.79 Å². The van der Waals surface area contributed by atoms with Gasteiger partial charge in [0, 0.05) is 37.9 Å². The summed E-state index contributed by atoms with van der Waals surface area (Å²) in [6.45, 7) is 4.56. The molecule has 3 heterocycles. The summed E-state index contributed by atoms with van der Waals surface area (Å²) in [7, 11) is 0. The molecule has 0 N–H and O–H groups in total. The van der Waals surface area contributed by atoms with E-state index in [9.17, 15) is 4.79 Å². The third-order valence-corrected chi connectivity index (χ3v) is 5.34. The first-order chi connectivity index (χ1) is 15.2. The van der Waals surface area contributed by atoms with Gasteiger partial charge in [-0.2, -0.15) is 14.6 Å². The van der Waals surface area contributed by atoms with Gasteiger partial charge in [0.15, 0.2) is 0 Å². The highest BCUT2D eigenvalue weighted by atomic mass is 16.5. The third kappa shape index (κ3) is 3.79. The largest absolute Gasteiger partial charge is 0.457 e. The Kier molecular flexibility index (Phi) is 4.95. The first-order valence-electron chi connectivity index (χ1n) is 10.2. The predicted octanol–water partition coefficient (Wildman–Crippen LogP) is 3.19. The van der Waals surface area contributed by atoms with Crippen LogP contribution in [0.15, 0.2) is 67.0 Å². The van der Waals surface area contributed by atoms with Gasteiger partial charge in [0.05, 0.1) is 5.56 Å². The SMILES string of the molecule is Cc1cc(N2CCN(C(=O)c3ccccc3Oc3ccccc3)CC2)n2ncnc2n1. The van der Waals surface area contributed by atoms with Crippen LogP contribution in [0.1, 0.15) is 16.1 Å². The van der Waals surface area contributed by atoms with Gasteiger partial charge in [0.25, 0.3) is 11.7 Å². The van der Waals surface area contributed by atoms with Crippen molar-refractivity contribution in [3.05, 3.63) is 78.2 Å². The van der Waals surface area contributed by atoms with Crippen LogP contribution in [0.3, 0.4) is 0 Å². The lowest BCUT2D eigenvalue weighted by molar-refractivity contribution is 0.0744. The van der Waals surface area contributed by atoms with Crippen LogP contribution in [0.2, 0.25) is 0 Å². The lowest BCUT2D eigenvalue weighted by Gasteiger charge is -2.36. The first-order valence-corrected chi connectivity index (χ1v) is 10.2. The number of amides is 1. The van der Waals surface area contributed by atoms with Crippen molar-refractivity contribution in [3.8, 4) is 11.5 Å². The normalized spacial score (nSPS) is 14.1. The van der Waals surface area contributed by atoms with Crippen molar-refractivity contribution in [3.63, 3.8) is 0 Å². The van der Waals surface area contributed by atoms with Gasteiger partial charge in [0.1, 0.15) is 23.6 Å². The van der Waals surface area contributed by atoms with Crippen molar-refractivity contribution >= 4 is 17.5 Å². The molecular formula is C23H22N6O2. The maximum Gasteiger partial charge on any atom is 0.257 e. The molecule has 8 heteroatoms. The van der Waals surface area contributed by atoms with Crippen LogP contribution in [0.4, 0.5) is 5.82 Å². The Morgan fingerprint density at radius 1 is 0.968 bits per heavy atom. The summed E-state index contributed by atoms with van der Waals surface area (Å²) >= 11 is 0. The highest BCUT2D eigenvalue weighted by Gasteiger charge is 2.26. The van der Waals surface area contributed by atoms with E-state index in [0.717, 1.165) is 11.5 Å². The van der Waals surface area contributed by atoms with E-state index in [0.29, 0.717) is 49.0 Å². The molecule has 4 aromatic rings. The minimum atomic E-state index is -0.0250. The maximum atomic E-state index is 13.3. The second-order valence-electron chi connectivity index (χ2n) is 7.42. The quantitative estimate of drug-likeness (QED) is 0.511. The molecule has 2 aromatic heterocycles. The Labute approximate surface area is 179 Å². The van der Waals surface area contributed by atoms with Crippen LogP contribution in [0, 0.1) is 6.92 Å². The van der Waals surface area contributed by atoms with E-state index in [1.165, 1.54) is 6.33 Å². The Morgan fingerprint density at radius 2 is 1.71 bits per heavy atom. The number of rotatable bonds is 4. The van der Waals surface area contributed by atoms with Crippen LogP contribution >= 0.6 is 0 Å². The molecule has 0 aliphatic carbocycles. The van der Waals surface area contributed by atoms with Gasteiger partial charge in [0.2, 0.25) is 0 Å². The number of benzene rings is 2. The summed E-state index contributed by atoms with van der Waals surface area (Å²) in [5.41, 5.74) is 1.46. The van der Waals surface area contributed by atoms with Crippen LogP contribution < -0.4 is 9.64 Å². The average Bonchev–Trinajstić information content (AvgIpc) is 3.28. The molecule has 1 aliphatic rings. The van der Waals surface area contributed by atoms with Gasteiger partial charge in [-0.25, -0.2) is 4.98 Å². The number of piperazine rings is 1. The molecule has 156 valence electrons. The summed E-state index contributed by atoms with van der Waals surface area (Å²) in [4.78, 5) is 26.0. The number of aryl methyl sites for hydroxylation is 1. The Bertz CT molecular complexity index is 1220. The topological polar surface area (TPSA) is 75.9 Å². The van der Waals surface area contributed by atoms with Gasteiger partial charge < -0.3 is 14.5 Å². The number of nitrogens with zero attached hydrogens (tertiary/aromatic N) is 6. The van der Waals surface area contributed by atoms with Crippen LogP contribution in [-0.2, 0) is 0 Å². The predicted molar refractivity (Wildman–Crippen MR) is 117 cm³/mol. The van der Waals surface area contributed by atoms with Crippen molar-refractivity contribution < 1.29 is 9.53 Å². The molecule has 1 aliphatic heterocycles. The van der Waals surface area contributed by atoms with Gasteiger partial charge >= 0.3 is 0 Å². The number of aromatic nitrogens is 4. The number of anilines is 1. The van der Waals surface area contributed by atoms with Crippen LogP contribution in [-0.4, -0.2) is 56.6 Å². The molecule has 1 fully saturated rings. The number of hydrogen-bond acceptors (Lipinski definition) is 6. The smallest absolute Gasteiger partial charge is 0.257 e. The lowest BCUT2D eigenvalue weighted by Crippen LogP contribution is -2.49. The van der Waals surface area contributed by atoms with E-state index >= 15 is 0 Å². The van der Waals surface area contributed by atoms with E-state index in [2.05, 4.69) is 20.0 Å². The highest BCUT2D eigenvalue weighted by Crippen LogP contribution is 2.27. The molecule has 0 bridgehead atoms.